The number of nitrogens with one attached hydrogen (secondary N) is 2. The number of nitrogens with zero attached hydrogens (tertiary/aromatic N) is 4. The van der Waals surface area contributed by atoms with E-state index in [0.717, 1.165) is 17.0 Å². The SMILES string of the molecule is Cc1nn(C)c(Cl)c1/C=C\C(=O)NCc1cccc(NC(=O)/C=C\c2c(C)nn(C)c2Cl)c1. The van der Waals surface area contributed by atoms with Crippen molar-refractivity contribution in [3.63, 3.8) is 0 Å². The van der Waals surface area contributed by atoms with Gasteiger partial charge in [-0.2, -0.15) is 10.2 Å². The van der Waals surface area contributed by atoms with Crippen LogP contribution in [0.2, 0.25) is 10.3 Å². The first-order valence-corrected chi connectivity index (χ1v) is 10.8. The summed E-state index contributed by atoms with van der Waals surface area (Å²) in [6.45, 7) is 3.95. The monoisotopic (exact) mass is 486 g/mol. The number of carbonyl (C=O) groups is 2. The highest BCUT2D eigenvalue weighted by atomic mass is 35.5. The van der Waals surface area contributed by atoms with Gasteiger partial charge in [0.1, 0.15) is 10.3 Å². The topological polar surface area (TPSA) is 93.8 Å². The van der Waals surface area contributed by atoms with Crippen molar-refractivity contribution in [2.75, 3.05) is 5.32 Å². The Labute approximate surface area is 201 Å². The average Bonchev–Trinajstić information content (AvgIpc) is 3.16. The third kappa shape index (κ3) is 6.12. The Balaban J connectivity index is 1.57. The summed E-state index contributed by atoms with van der Waals surface area (Å²) in [4.78, 5) is 24.5. The molecule has 0 aliphatic carbocycles. The number of hydrogen-bond acceptors (Lipinski definition) is 4. The molecule has 0 aliphatic rings. The minimum Gasteiger partial charge on any atom is -0.348 e. The molecular formula is C23H24Cl2N6O2. The molecule has 0 bridgehead atoms. The lowest BCUT2D eigenvalue weighted by Crippen LogP contribution is -2.20. The van der Waals surface area contributed by atoms with Gasteiger partial charge >= 0.3 is 0 Å². The molecule has 0 unspecified atom stereocenters. The molecule has 0 saturated carbocycles. The smallest absolute Gasteiger partial charge is 0.248 e. The van der Waals surface area contributed by atoms with Crippen LogP contribution in [0.25, 0.3) is 12.2 Å². The largest absolute Gasteiger partial charge is 0.348 e. The van der Waals surface area contributed by atoms with E-state index in [9.17, 15) is 9.59 Å². The van der Waals surface area contributed by atoms with Gasteiger partial charge < -0.3 is 10.6 Å². The molecule has 0 atom stereocenters. The number of halogens is 2. The van der Waals surface area contributed by atoms with E-state index < -0.39 is 0 Å². The van der Waals surface area contributed by atoms with E-state index in [-0.39, 0.29) is 11.8 Å². The highest BCUT2D eigenvalue weighted by Gasteiger charge is 2.10. The number of rotatable bonds is 7. The van der Waals surface area contributed by atoms with Crippen molar-refractivity contribution in [3.8, 4) is 0 Å². The Kier molecular flexibility index (Phi) is 7.73. The van der Waals surface area contributed by atoms with E-state index >= 15 is 0 Å². The van der Waals surface area contributed by atoms with Crippen molar-refractivity contribution in [1.29, 1.82) is 0 Å². The van der Waals surface area contributed by atoms with E-state index in [4.69, 9.17) is 23.2 Å². The van der Waals surface area contributed by atoms with Gasteiger partial charge in [0.2, 0.25) is 11.8 Å². The van der Waals surface area contributed by atoms with Crippen LogP contribution in [0.1, 0.15) is 28.1 Å². The summed E-state index contributed by atoms with van der Waals surface area (Å²) in [6, 6.07) is 7.22. The van der Waals surface area contributed by atoms with Crippen molar-refractivity contribution in [2.24, 2.45) is 14.1 Å². The molecule has 3 aromatic rings. The molecule has 2 N–H and O–H groups in total. The Hall–Kier alpha value is -3.36. The molecule has 0 saturated heterocycles. The van der Waals surface area contributed by atoms with Gasteiger partial charge in [-0.15, -0.1) is 0 Å². The minimum atomic E-state index is -0.304. The molecule has 1 aromatic carbocycles. The number of amides is 2. The van der Waals surface area contributed by atoms with E-state index in [1.165, 1.54) is 12.2 Å². The maximum Gasteiger partial charge on any atom is 0.248 e. The van der Waals surface area contributed by atoms with Gasteiger partial charge in [0.15, 0.2) is 0 Å². The van der Waals surface area contributed by atoms with E-state index in [2.05, 4.69) is 20.8 Å². The number of anilines is 1. The Morgan fingerprint density at radius 1 is 0.939 bits per heavy atom. The van der Waals surface area contributed by atoms with Crippen molar-refractivity contribution in [3.05, 3.63) is 74.8 Å². The van der Waals surface area contributed by atoms with Gasteiger partial charge in [0, 0.05) is 49.6 Å². The molecule has 10 heteroatoms. The number of benzene rings is 1. The first-order chi connectivity index (χ1) is 15.7. The molecule has 2 amide bonds. The zero-order chi connectivity index (χ0) is 24.1. The summed E-state index contributed by atoms with van der Waals surface area (Å²) in [5.74, 6) is -0.572. The van der Waals surface area contributed by atoms with Crippen molar-refractivity contribution in [1.82, 2.24) is 24.9 Å². The summed E-state index contributed by atoms with van der Waals surface area (Å²) < 4.78 is 3.10. The molecule has 0 fully saturated rings. The third-order valence-corrected chi connectivity index (χ3v) is 5.75. The molecule has 8 nitrogen and oxygen atoms in total. The molecule has 2 heterocycles. The summed E-state index contributed by atoms with van der Waals surface area (Å²) in [5.41, 5.74) is 4.32. The summed E-state index contributed by atoms with van der Waals surface area (Å²) in [5, 5.41) is 15.0. The van der Waals surface area contributed by atoms with E-state index in [1.807, 2.05) is 19.9 Å². The Bertz CT molecular complexity index is 1260. The van der Waals surface area contributed by atoms with Gasteiger partial charge in [-0.05, 0) is 43.7 Å². The van der Waals surface area contributed by atoms with Crippen LogP contribution in [0.4, 0.5) is 5.69 Å². The Morgan fingerprint density at radius 3 is 2.00 bits per heavy atom. The van der Waals surface area contributed by atoms with Crippen molar-refractivity contribution in [2.45, 2.75) is 20.4 Å². The van der Waals surface area contributed by atoms with Crippen LogP contribution in [-0.4, -0.2) is 31.4 Å². The van der Waals surface area contributed by atoms with Crippen LogP contribution < -0.4 is 10.6 Å². The van der Waals surface area contributed by atoms with Gasteiger partial charge in [0.25, 0.3) is 0 Å². The first kappa shape index (κ1) is 24.3. The summed E-state index contributed by atoms with van der Waals surface area (Å²) >= 11 is 12.4. The van der Waals surface area contributed by atoms with Crippen LogP contribution in [0.3, 0.4) is 0 Å². The molecular weight excluding hydrogens is 463 g/mol. The molecule has 172 valence electrons. The van der Waals surface area contributed by atoms with Crippen molar-refractivity contribution < 1.29 is 9.59 Å². The third-order valence-electron chi connectivity index (χ3n) is 4.86. The zero-order valence-electron chi connectivity index (χ0n) is 18.7. The second-order valence-corrected chi connectivity index (χ2v) is 8.12. The highest BCUT2D eigenvalue weighted by molar-refractivity contribution is 6.31. The zero-order valence-corrected chi connectivity index (χ0v) is 20.2. The molecule has 3 rings (SSSR count). The minimum absolute atomic E-state index is 0.268. The standard InChI is InChI=1S/C23H24Cl2N6O2/c1-14-18(22(24)30(3)28-14)8-10-20(32)26-13-16-6-5-7-17(12-16)27-21(33)11-9-19-15(2)29-31(4)23(19)25/h5-12H,13H2,1-4H3,(H,26,32)(H,27,33)/b10-8-,11-9-. The highest BCUT2D eigenvalue weighted by Crippen LogP contribution is 2.21. The van der Waals surface area contributed by atoms with Gasteiger partial charge in [-0.25, -0.2) is 0 Å². The van der Waals surface area contributed by atoms with Crippen LogP contribution >= 0.6 is 23.2 Å². The average molecular weight is 487 g/mol. The van der Waals surface area contributed by atoms with Crippen LogP contribution in [0.5, 0.6) is 0 Å². The van der Waals surface area contributed by atoms with Crippen molar-refractivity contribution >= 4 is 52.9 Å². The first-order valence-electron chi connectivity index (χ1n) is 10.1. The lowest BCUT2D eigenvalue weighted by molar-refractivity contribution is -0.116. The maximum absolute atomic E-state index is 12.3. The second-order valence-electron chi connectivity index (χ2n) is 7.40. The predicted octanol–water partition coefficient (Wildman–Crippen LogP) is 4.06. The van der Waals surface area contributed by atoms with Gasteiger partial charge in [-0.3, -0.25) is 19.0 Å². The maximum atomic E-state index is 12.3. The number of aromatic nitrogens is 4. The van der Waals surface area contributed by atoms with E-state index in [0.29, 0.717) is 33.7 Å². The molecule has 0 spiro atoms. The lowest BCUT2D eigenvalue weighted by atomic mass is 10.2. The molecule has 33 heavy (non-hydrogen) atoms. The fourth-order valence-corrected chi connectivity index (χ4v) is 3.66. The molecule has 0 aliphatic heterocycles. The lowest BCUT2D eigenvalue weighted by Gasteiger charge is -2.07. The fourth-order valence-electron chi connectivity index (χ4n) is 3.18. The normalized spacial score (nSPS) is 11.5. The fraction of sp³-hybridized carbons (Fsp3) is 0.217. The van der Waals surface area contributed by atoms with Gasteiger partial charge in [0.05, 0.1) is 11.4 Å². The summed E-state index contributed by atoms with van der Waals surface area (Å²) in [7, 11) is 3.48. The van der Waals surface area contributed by atoms with E-state index in [1.54, 1.807) is 53.8 Å². The quantitative estimate of drug-likeness (QED) is 0.492. The van der Waals surface area contributed by atoms with Gasteiger partial charge in [-0.1, -0.05) is 35.3 Å². The number of hydrogen-bond donors (Lipinski definition) is 2. The number of aryl methyl sites for hydroxylation is 4. The van der Waals surface area contributed by atoms with Crippen LogP contribution in [0, 0.1) is 13.8 Å². The Morgan fingerprint density at radius 2 is 1.48 bits per heavy atom. The van der Waals surface area contributed by atoms with Crippen LogP contribution in [0.15, 0.2) is 36.4 Å². The molecule has 2 aromatic heterocycles. The van der Waals surface area contributed by atoms with Crippen LogP contribution in [-0.2, 0) is 30.2 Å². The summed E-state index contributed by atoms with van der Waals surface area (Å²) in [6.07, 6.45) is 6.09. The molecule has 0 radical (unpaired) electrons. The second kappa shape index (κ2) is 10.5. The predicted molar refractivity (Wildman–Crippen MR) is 131 cm³/mol. The number of carbonyl (C=O) groups excluding carboxylic acids is 2.